The first kappa shape index (κ1) is 41.3. The van der Waals surface area contributed by atoms with Gasteiger partial charge in [0.25, 0.3) is 11.8 Å². The van der Waals surface area contributed by atoms with Gasteiger partial charge < -0.3 is 24.9 Å². The Balaban J connectivity index is 0.690. The zero-order chi connectivity index (χ0) is 43.3. The van der Waals surface area contributed by atoms with Crippen molar-refractivity contribution in [1.29, 1.82) is 0 Å². The average molecular weight is 853 g/mol. The van der Waals surface area contributed by atoms with E-state index in [1.165, 1.54) is 12.1 Å². The van der Waals surface area contributed by atoms with Crippen LogP contribution in [0.5, 0.6) is 0 Å². The van der Waals surface area contributed by atoms with Gasteiger partial charge in [0, 0.05) is 82.6 Å². The number of anilines is 4. The van der Waals surface area contributed by atoms with Crippen LogP contribution in [-0.2, 0) is 20.6 Å². The molecule has 1 unspecified atom stereocenters. The summed E-state index contributed by atoms with van der Waals surface area (Å²) < 4.78 is 40.5. The number of carbonyl (C=O) groups is 5. The van der Waals surface area contributed by atoms with Crippen LogP contribution in [0.3, 0.4) is 0 Å². The Bertz CT molecular complexity index is 2320. The number of aromatic nitrogens is 2. The molecule has 324 valence electrons. The maximum Gasteiger partial charge on any atom is 0.407 e. The van der Waals surface area contributed by atoms with E-state index in [1.54, 1.807) is 24.5 Å². The standard InChI is InChI=1S/C44H47F3N10O5/c1-48-34-5-3-30(21-33(34)44(45,46)47)54-16-10-28(11-17-54)39(59)51-36-22-50-37(23-49-36)56-14-8-27(9-15-56)24-53-25-43(26-53)12-18-55(19-13-43)29-2-4-31-32(20-29)42(62)57(41(31)61)35-6-7-38(58)52-40(35)60/h2-5,20-23,27-28,35H,6-19,24-26H2,(H,49,51,59)(H,52,58,60). The second-order valence-corrected chi connectivity index (χ2v) is 17.6. The van der Waals surface area contributed by atoms with E-state index in [0.29, 0.717) is 54.5 Å². The summed E-state index contributed by atoms with van der Waals surface area (Å²) in [6.45, 7) is 14.5. The highest BCUT2D eigenvalue weighted by atomic mass is 19.4. The van der Waals surface area contributed by atoms with Gasteiger partial charge in [-0.25, -0.2) is 14.8 Å². The molecule has 5 fully saturated rings. The van der Waals surface area contributed by atoms with E-state index in [1.807, 2.05) is 11.0 Å². The molecule has 1 aromatic heterocycles. The predicted molar refractivity (Wildman–Crippen MR) is 222 cm³/mol. The van der Waals surface area contributed by atoms with Crippen molar-refractivity contribution >= 4 is 58.2 Å². The van der Waals surface area contributed by atoms with E-state index in [2.05, 4.69) is 40.1 Å². The van der Waals surface area contributed by atoms with Crippen molar-refractivity contribution < 1.29 is 37.1 Å². The van der Waals surface area contributed by atoms with Gasteiger partial charge in [0.05, 0.1) is 35.7 Å². The van der Waals surface area contributed by atoms with E-state index in [0.717, 1.165) is 94.0 Å². The fourth-order valence-corrected chi connectivity index (χ4v) is 10.2. The Labute approximate surface area is 356 Å². The summed E-state index contributed by atoms with van der Waals surface area (Å²) in [5.74, 6) is -0.806. The lowest BCUT2D eigenvalue weighted by Crippen LogP contribution is -2.61. The van der Waals surface area contributed by atoms with Crippen LogP contribution in [0, 0.1) is 23.8 Å². The summed E-state index contributed by atoms with van der Waals surface area (Å²) in [5.41, 5.74) is 0.774. The van der Waals surface area contributed by atoms with Gasteiger partial charge >= 0.3 is 6.18 Å². The van der Waals surface area contributed by atoms with Crippen molar-refractivity contribution in [3.05, 3.63) is 76.9 Å². The number of fused-ring (bicyclic) bond motifs is 1. The Kier molecular flexibility index (Phi) is 10.9. The fraction of sp³-hybridized carbons (Fsp3) is 0.500. The molecule has 7 heterocycles. The van der Waals surface area contributed by atoms with Crippen LogP contribution in [0.4, 0.5) is 41.9 Å². The van der Waals surface area contributed by atoms with Gasteiger partial charge in [0.15, 0.2) is 11.5 Å². The number of benzene rings is 2. The monoisotopic (exact) mass is 852 g/mol. The third kappa shape index (κ3) is 8.05. The first-order valence-corrected chi connectivity index (χ1v) is 21.3. The first-order valence-electron chi connectivity index (χ1n) is 21.3. The minimum absolute atomic E-state index is 0.0836. The van der Waals surface area contributed by atoms with E-state index >= 15 is 0 Å². The molecular formula is C44H47F3N10O5. The Morgan fingerprint density at radius 3 is 2.15 bits per heavy atom. The van der Waals surface area contributed by atoms with E-state index in [-0.39, 0.29) is 30.1 Å². The van der Waals surface area contributed by atoms with Crippen molar-refractivity contribution in [3.63, 3.8) is 0 Å². The number of hydrogen-bond acceptors (Lipinski definition) is 11. The summed E-state index contributed by atoms with van der Waals surface area (Å²) in [6, 6.07) is 8.09. The zero-order valence-corrected chi connectivity index (χ0v) is 34.1. The second-order valence-electron chi connectivity index (χ2n) is 17.6. The van der Waals surface area contributed by atoms with Gasteiger partial charge in [0.1, 0.15) is 11.9 Å². The van der Waals surface area contributed by atoms with Gasteiger partial charge in [-0.1, -0.05) is 6.07 Å². The Morgan fingerprint density at radius 2 is 1.48 bits per heavy atom. The molecule has 2 aromatic carbocycles. The predicted octanol–water partition coefficient (Wildman–Crippen LogP) is 5.12. The summed E-state index contributed by atoms with van der Waals surface area (Å²) in [7, 11) is 0. The summed E-state index contributed by atoms with van der Waals surface area (Å²) in [6.07, 6.45) is 3.94. The summed E-state index contributed by atoms with van der Waals surface area (Å²) in [5, 5.41) is 5.10. The maximum absolute atomic E-state index is 13.5. The number of imide groups is 2. The zero-order valence-electron chi connectivity index (χ0n) is 34.1. The number of amides is 5. The molecule has 0 saturated carbocycles. The SMILES string of the molecule is [C-]#[N+]c1ccc(N2CCC(C(=O)Nc3cnc(N4CCC(CN5CC6(CCN(c7ccc8c(c7)C(=O)N(C7CCC(=O)NC7=O)C8=O)CC6)C5)CC4)cn3)CC2)cc1C(F)(F)F. The van der Waals surface area contributed by atoms with Gasteiger partial charge in [-0.05, 0) is 86.6 Å². The third-order valence-electron chi connectivity index (χ3n) is 13.7. The molecule has 9 rings (SSSR count). The topological polar surface area (TPSA) is 156 Å². The largest absolute Gasteiger partial charge is 0.407 e. The highest BCUT2D eigenvalue weighted by Gasteiger charge is 2.47. The molecule has 0 bridgehead atoms. The first-order chi connectivity index (χ1) is 29.8. The minimum atomic E-state index is -4.62. The van der Waals surface area contributed by atoms with Crippen molar-refractivity contribution in [2.75, 3.05) is 78.9 Å². The van der Waals surface area contributed by atoms with Crippen LogP contribution in [0.1, 0.15) is 77.6 Å². The molecule has 5 saturated heterocycles. The van der Waals surface area contributed by atoms with Crippen LogP contribution < -0.4 is 25.3 Å². The van der Waals surface area contributed by atoms with Crippen LogP contribution in [-0.4, -0.2) is 114 Å². The number of nitrogens with zero attached hydrogens (tertiary/aromatic N) is 8. The second kappa shape index (κ2) is 16.3. The molecule has 5 amide bonds. The molecule has 6 aliphatic heterocycles. The number of alkyl halides is 3. The molecule has 18 heteroatoms. The maximum atomic E-state index is 13.5. The van der Waals surface area contributed by atoms with Gasteiger partial charge in [-0.3, -0.25) is 34.2 Å². The third-order valence-corrected chi connectivity index (χ3v) is 13.7. The Hall–Kier alpha value is -6.09. The molecule has 0 aliphatic carbocycles. The highest BCUT2D eigenvalue weighted by molar-refractivity contribution is 6.23. The quantitative estimate of drug-likeness (QED) is 0.229. The fourth-order valence-electron chi connectivity index (χ4n) is 10.2. The molecule has 2 N–H and O–H groups in total. The smallest absolute Gasteiger partial charge is 0.372 e. The van der Waals surface area contributed by atoms with Crippen molar-refractivity contribution in [2.45, 2.75) is 63.6 Å². The summed E-state index contributed by atoms with van der Waals surface area (Å²) in [4.78, 5) is 85.6. The molecule has 6 aliphatic rings. The lowest BCUT2D eigenvalue weighted by atomic mass is 9.71. The number of carbonyl (C=O) groups excluding carboxylic acids is 5. The molecule has 15 nitrogen and oxygen atoms in total. The molecule has 1 spiro atoms. The van der Waals surface area contributed by atoms with Gasteiger partial charge in [0.2, 0.25) is 17.7 Å². The van der Waals surface area contributed by atoms with Gasteiger partial charge in [-0.2, -0.15) is 13.2 Å². The number of nitrogens with one attached hydrogen (secondary N) is 2. The van der Waals surface area contributed by atoms with E-state index in [9.17, 15) is 37.1 Å². The van der Waals surface area contributed by atoms with Gasteiger partial charge in [-0.15, -0.1) is 0 Å². The number of piperidine rings is 4. The van der Waals surface area contributed by atoms with Crippen LogP contribution in [0.2, 0.25) is 0 Å². The number of likely N-dealkylation sites (tertiary alicyclic amines) is 1. The van der Waals surface area contributed by atoms with Crippen molar-refractivity contribution in [2.24, 2.45) is 17.3 Å². The lowest BCUT2D eigenvalue weighted by Gasteiger charge is -2.55. The summed E-state index contributed by atoms with van der Waals surface area (Å²) >= 11 is 0. The van der Waals surface area contributed by atoms with Crippen LogP contribution >= 0.6 is 0 Å². The molecular weight excluding hydrogens is 806 g/mol. The van der Waals surface area contributed by atoms with Crippen LogP contribution in [0.25, 0.3) is 4.85 Å². The molecule has 3 aromatic rings. The average Bonchev–Trinajstić information content (AvgIpc) is 3.51. The lowest BCUT2D eigenvalue weighted by molar-refractivity contribution is -0.137. The number of hydrogen-bond donors (Lipinski definition) is 2. The number of halogens is 3. The Morgan fingerprint density at radius 1 is 0.823 bits per heavy atom. The van der Waals surface area contributed by atoms with Crippen LogP contribution in [0.15, 0.2) is 48.8 Å². The molecule has 62 heavy (non-hydrogen) atoms. The number of rotatable bonds is 8. The van der Waals surface area contributed by atoms with E-state index in [4.69, 9.17) is 6.57 Å². The normalized spacial score (nSPS) is 22.4. The van der Waals surface area contributed by atoms with Crippen molar-refractivity contribution in [1.82, 2.24) is 25.1 Å². The molecule has 0 radical (unpaired) electrons. The highest BCUT2D eigenvalue weighted by Crippen LogP contribution is 2.43. The molecule has 1 atom stereocenters. The minimum Gasteiger partial charge on any atom is -0.372 e. The van der Waals surface area contributed by atoms with Crippen molar-refractivity contribution in [3.8, 4) is 0 Å². The van der Waals surface area contributed by atoms with E-state index < -0.39 is 47.1 Å².